The van der Waals surface area contributed by atoms with E-state index in [-0.39, 0.29) is 5.91 Å². The number of anilines is 1. The first-order chi connectivity index (χ1) is 12.0. The normalized spacial score (nSPS) is 11.8. The number of halogens is 1. The van der Waals surface area contributed by atoms with Gasteiger partial charge in [0.05, 0.1) is 16.4 Å². The Kier molecular flexibility index (Phi) is 5.09. The topological polar surface area (TPSA) is 51.2 Å². The number of hydrogen-bond acceptors (Lipinski definition) is 4. The smallest absolute Gasteiger partial charge is 0.265 e. The number of aromatic nitrogens is 1. The number of thiazole rings is 1. The van der Waals surface area contributed by atoms with Crippen molar-refractivity contribution in [3.05, 3.63) is 64.7 Å². The average molecular weight is 356 g/mol. The second kappa shape index (κ2) is 7.44. The maximum Gasteiger partial charge on any atom is 0.265 e. The van der Waals surface area contributed by atoms with Crippen molar-refractivity contribution in [3.8, 4) is 17.0 Å². The number of benzene rings is 2. The third-order valence-electron chi connectivity index (χ3n) is 3.56. The minimum atomic E-state index is -0.771. The standard InChI is InChI=1S/C19H17FN2O2S/c1-12(24-15-7-5-6-14(20)10-15)19(23)22-17-9-4-3-8-16(17)18-11-25-13(2)21-18/h3-12H,1-2H3,(H,22,23)/t12-/m0/s1. The lowest BCUT2D eigenvalue weighted by Gasteiger charge is -2.16. The fraction of sp³-hybridized carbons (Fsp3) is 0.158. The Morgan fingerprint density at radius 3 is 2.76 bits per heavy atom. The molecule has 0 unspecified atom stereocenters. The average Bonchev–Trinajstić information content (AvgIpc) is 3.01. The Morgan fingerprint density at radius 2 is 2.04 bits per heavy atom. The molecule has 2 aromatic carbocycles. The first kappa shape index (κ1) is 17.1. The molecule has 3 aromatic rings. The minimum absolute atomic E-state index is 0.311. The van der Waals surface area contributed by atoms with Crippen LogP contribution in [0.25, 0.3) is 11.3 Å². The van der Waals surface area contributed by atoms with Crippen LogP contribution in [0.4, 0.5) is 10.1 Å². The molecule has 0 aliphatic rings. The fourth-order valence-corrected chi connectivity index (χ4v) is 2.95. The first-order valence-electron chi connectivity index (χ1n) is 7.77. The summed E-state index contributed by atoms with van der Waals surface area (Å²) in [7, 11) is 0. The molecule has 1 amide bonds. The van der Waals surface area contributed by atoms with E-state index in [2.05, 4.69) is 10.3 Å². The summed E-state index contributed by atoms with van der Waals surface area (Å²) >= 11 is 1.55. The number of aryl methyl sites for hydroxylation is 1. The van der Waals surface area contributed by atoms with Gasteiger partial charge in [0.1, 0.15) is 11.6 Å². The van der Waals surface area contributed by atoms with Crippen molar-refractivity contribution >= 4 is 22.9 Å². The highest BCUT2D eigenvalue weighted by molar-refractivity contribution is 7.09. The van der Waals surface area contributed by atoms with Gasteiger partial charge in [-0.3, -0.25) is 4.79 Å². The molecule has 1 atom stereocenters. The zero-order valence-electron chi connectivity index (χ0n) is 13.8. The zero-order chi connectivity index (χ0) is 17.8. The number of para-hydroxylation sites is 1. The maximum atomic E-state index is 13.2. The summed E-state index contributed by atoms with van der Waals surface area (Å²) in [6.07, 6.45) is -0.771. The Bertz CT molecular complexity index is 894. The molecular weight excluding hydrogens is 339 g/mol. The van der Waals surface area contributed by atoms with E-state index in [0.29, 0.717) is 11.4 Å². The van der Waals surface area contributed by atoms with Gasteiger partial charge in [0, 0.05) is 17.0 Å². The van der Waals surface area contributed by atoms with Crippen molar-refractivity contribution in [2.75, 3.05) is 5.32 Å². The van der Waals surface area contributed by atoms with Gasteiger partial charge < -0.3 is 10.1 Å². The van der Waals surface area contributed by atoms with Gasteiger partial charge in [-0.05, 0) is 32.0 Å². The van der Waals surface area contributed by atoms with E-state index in [0.717, 1.165) is 16.3 Å². The molecule has 0 bridgehead atoms. The summed E-state index contributed by atoms with van der Waals surface area (Å²) in [6, 6.07) is 13.2. The van der Waals surface area contributed by atoms with Crippen LogP contribution < -0.4 is 10.1 Å². The van der Waals surface area contributed by atoms with E-state index in [1.165, 1.54) is 18.2 Å². The van der Waals surface area contributed by atoms with Gasteiger partial charge in [0.15, 0.2) is 6.10 Å². The van der Waals surface area contributed by atoms with Crippen molar-refractivity contribution in [1.82, 2.24) is 4.98 Å². The Balaban J connectivity index is 1.75. The molecule has 25 heavy (non-hydrogen) atoms. The molecule has 1 aromatic heterocycles. The number of amides is 1. The van der Waals surface area contributed by atoms with Gasteiger partial charge in [-0.15, -0.1) is 11.3 Å². The molecule has 0 saturated heterocycles. The van der Waals surface area contributed by atoms with E-state index in [1.807, 2.05) is 36.6 Å². The van der Waals surface area contributed by atoms with Crippen molar-refractivity contribution in [2.45, 2.75) is 20.0 Å². The van der Waals surface area contributed by atoms with E-state index >= 15 is 0 Å². The van der Waals surface area contributed by atoms with E-state index < -0.39 is 11.9 Å². The minimum Gasteiger partial charge on any atom is -0.481 e. The molecule has 0 aliphatic carbocycles. The molecular formula is C19H17FN2O2S. The lowest BCUT2D eigenvalue weighted by molar-refractivity contribution is -0.122. The highest BCUT2D eigenvalue weighted by atomic mass is 32.1. The number of nitrogens with zero attached hydrogens (tertiary/aromatic N) is 1. The van der Waals surface area contributed by atoms with Crippen molar-refractivity contribution in [1.29, 1.82) is 0 Å². The SMILES string of the molecule is Cc1nc(-c2ccccc2NC(=O)[C@H](C)Oc2cccc(F)c2)cs1. The highest BCUT2D eigenvalue weighted by Gasteiger charge is 2.17. The summed E-state index contributed by atoms with van der Waals surface area (Å²) in [5.41, 5.74) is 2.32. The van der Waals surface area contributed by atoms with Crippen LogP contribution in [-0.4, -0.2) is 17.0 Å². The molecule has 0 saturated carbocycles. The molecule has 3 rings (SSSR count). The number of rotatable bonds is 5. The quantitative estimate of drug-likeness (QED) is 0.723. The molecule has 0 spiro atoms. The Labute approximate surface area is 149 Å². The van der Waals surface area contributed by atoms with Crippen molar-refractivity contribution in [2.24, 2.45) is 0 Å². The second-order valence-electron chi connectivity index (χ2n) is 5.50. The third-order valence-corrected chi connectivity index (χ3v) is 4.33. The maximum absolute atomic E-state index is 13.2. The van der Waals surface area contributed by atoms with E-state index in [4.69, 9.17) is 4.74 Å². The number of carbonyl (C=O) groups excluding carboxylic acids is 1. The third kappa shape index (κ3) is 4.22. The number of hydrogen-bond donors (Lipinski definition) is 1. The van der Waals surface area contributed by atoms with Crippen LogP contribution >= 0.6 is 11.3 Å². The van der Waals surface area contributed by atoms with Gasteiger partial charge in [-0.25, -0.2) is 9.37 Å². The molecule has 1 N–H and O–H groups in total. The van der Waals surface area contributed by atoms with Crippen LogP contribution in [0.3, 0.4) is 0 Å². The van der Waals surface area contributed by atoms with Gasteiger partial charge in [-0.2, -0.15) is 0 Å². The summed E-state index contributed by atoms with van der Waals surface area (Å²) in [6.45, 7) is 3.56. The molecule has 0 fully saturated rings. The second-order valence-corrected chi connectivity index (χ2v) is 6.57. The van der Waals surface area contributed by atoms with E-state index in [1.54, 1.807) is 24.3 Å². The zero-order valence-corrected chi connectivity index (χ0v) is 14.6. The largest absolute Gasteiger partial charge is 0.481 e. The lowest BCUT2D eigenvalue weighted by Crippen LogP contribution is -2.30. The summed E-state index contributed by atoms with van der Waals surface area (Å²) in [5.74, 6) is -0.413. The van der Waals surface area contributed by atoms with Crippen molar-refractivity contribution < 1.29 is 13.9 Å². The molecule has 0 aliphatic heterocycles. The van der Waals surface area contributed by atoms with Crippen LogP contribution in [0, 0.1) is 12.7 Å². The molecule has 6 heteroatoms. The lowest BCUT2D eigenvalue weighted by atomic mass is 10.1. The predicted octanol–water partition coefficient (Wildman–Crippen LogP) is 4.66. The van der Waals surface area contributed by atoms with Crippen LogP contribution in [0.5, 0.6) is 5.75 Å². The van der Waals surface area contributed by atoms with Crippen LogP contribution in [0.2, 0.25) is 0 Å². The van der Waals surface area contributed by atoms with Crippen LogP contribution in [-0.2, 0) is 4.79 Å². The predicted molar refractivity (Wildman–Crippen MR) is 97.4 cm³/mol. The summed E-state index contributed by atoms with van der Waals surface area (Å²) in [4.78, 5) is 16.9. The van der Waals surface area contributed by atoms with E-state index in [9.17, 15) is 9.18 Å². The number of nitrogens with one attached hydrogen (secondary N) is 1. The molecule has 128 valence electrons. The molecule has 1 heterocycles. The highest BCUT2D eigenvalue weighted by Crippen LogP contribution is 2.29. The van der Waals surface area contributed by atoms with Crippen LogP contribution in [0.15, 0.2) is 53.9 Å². The van der Waals surface area contributed by atoms with Gasteiger partial charge >= 0.3 is 0 Å². The van der Waals surface area contributed by atoms with Gasteiger partial charge in [0.2, 0.25) is 0 Å². The number of ether oxygens (including phenoxy) is 1. The van der Waals surface area contributed by atoms with Gasteiger partial charge in [-0.1, -0.05) is 24.3 Å². The fourth-order valence-electron chi connectivity index (χ4n) is 2.33. The Hall–Kier alpha value is -2.73. The first-order valence-corrected chi connectivity index (χ1v) is 8.65. The molecule has 4 nitrogen and oxygen atoms in total. The monoisotopic (exact) mass is 356 g/mol. The van der Waals surface area contributed by atoms with Crippen molar-refractivity contribution in [3.63, 3.8) is 0 Å². The number of carbonyl (C=O) groups is 1. The summed E-state index contributed by atoms with van der Waals surface area (Å²) in [5, 5.41) is 5.77. The van der Waals surface area contributed by atoms with Gasteiger partial charge in [0.25, 0.3) is 5.91 Å². The molecule has 0 radical (unpaired) electrons. The Morgan fingerprint density at radius 1 is 1.24 bits per heavy atom. The summed E-state index contributed by atoms with van der Waals surface area (Å²) < 4.78 is 18.7. The van der Waals surface area contributed by atoms with Crippen LogP contribution in [0.1, 0.15) is 11.9 Å².